The molecule has 2 fully saturated rings. The minimum Gasteiger partial charge on any atom is -0.494 e. The van der Waals surface area contributed by atoms with Crippen LogP contribution in [0.5, 0.6) is 5.75 Å². The summed E-state index contributed by atoms with van der Waals surface area (Å²) in [6.45, 7) is 2.13. The molecule has 7 nitrogen and oxygen atoms in total. The third-order valence-electron chi connectivity index (χ3n) is 6.76. The summed E-state index contributed by atoms with van der Waals surface area (Å²) in [4.78, 5) is 13.8. The van der Waals surface area contributed by atoms with Gasteiger partial charge >= 0.3 is 0 Å². The fourth-order valence-corrected chi connectivity index (χ4v) is 5.23. The summed E-state index contributed by atoms with van der Waals surface area (Å²) in [7, 11) is 5.79. The van der Waals surface area contributed by atoms with Gasteiger partial charge in [0.2, 0.25) is 0 Å². The number of hydrogen-bond acceptors (Lipinski definition) is 6. The molecule has 31 heavy (non-hydrogen) atoms. The van der Waals surface area contributed by atoms with Gasteiger partial charge in [-0.15, -0.1) is 0 Å². The maximum absolute atomic E-state index is 14.1. The van der Waals surface area contributed by atoms with E-state index in [0.29, 0.717) is 11.6 Å². The predicted molar refractivity (Wildman–Crippen MR) is 117 cm³/mol. The highest BCUT2D eigenvalue weighted by molar-refractivity contribution is 5.98. The number of aromatic nitrogens is 4. The Morgan fingerprint density at radius 3 is 2.65 bits per heavy atom. The Morgan fingerprint density at radius 1 is 1.10 bits per heavy atom. The third-order valence-corrected chi connectivity index (χ3v) is 6.76. The molecule has 4 heterocycles. The number of rotatable bonds is 4. The second-order valence-corrected chi connectivity index (χ2v) is 8.69. The Balaban J connectivity index is 1.37. The maximum Gasteiger partial charge on any atom is 0.167 e. The quantitative estimate of drug-likeness (QED) is 0.508. The van der Waals surface area contributed by atoms with E-state index in [-0.39, 0.29) is 5.75 Å². The summed E-state index contributed by atoms with van der Waals surface area (Å²) in [5.41, 5.74) is 4.20. The van der Waals surface area contributed by atoms with E-state index in [1.165, 1.54) is 13.2 Å². The van der Waals surface area contributed by atoms with Gasteiger partial charge in [0, 0.05) is 42.3 Å². The van der Waals surface area contributed by atoms with Gasteiger partial charge in [0.25, 0.3) is 0 Å². The first-order valence-corrected chi connectivity index (χ1v) is 10.4. The number of benzene rings is 1. The van der Waals surface area contributed by atoms with Crippen molar-refractivity contribution in [1.82, 2.24) is 24.5 Å². The second-order valence-electron chi connectivity index (χ2n) is 8.69. The normalized spacial score (nSPS) is 22.5. The molecule has 2 aliphatic rings. The summed E-state index contributed by atoms with van der Waals surface area (Å²) < 4.78 is 21.1. The fourth-order valence-electron chi connectivity index (χ4n) is 5.23. The van der Waals surface area contributed by atoms with Crippen molar-refractivity contribution in [3.63, 3.8) is 0 Å². The van der Waals surface area contributed by atoms with E-state index in [9.17, 15) is 4.39 Å². The van der Waals surface area contributed by atoms with Crippen LogP contribution < -0.4 is 9.64 Å². The SMILES string of the molecule is COc1cc2c(-c3cnn4cc(N5C[C@@H]6[C@H](C5)[C@@H]6N(C)C)cnc34)ccnc2cc1F. The minimum absolute atomic E-state index is 0.192. The fraction of sp³-hybridized carbons (Fsp3) is 0.348. The van der Waals surface area contributed by atoms with E-state index < -0.39 is 5.82 Å². The predicted octanol–water partition coefficient (Wildman–Crippen LogP) is 3.09. The summed E-state index contributed by atoms with van der Waals surface area (Å²) in [6, 6.07) is 5.70. The first-order valence-electron chi connectivity index (χ1n) is 10.4. The van der Waals surface area contributed by atoms with E-state index in [1.807, 2.05) is 23.0 Å². The van der Waals surface area contributed by atoms with E-state index in [0.717, 1.165) is 52.8 Å². The molecular formula is C23H23FN6O. The molecule has 0 spiro atoms. The van der Waals surface area contributed by atoms with Gasteiger partial charge in [0.05, 0.1) is 36.9 Å². The van der Waals surface area contributed by atoms with Gasteiger partial charge in [-0.1, -0.05) is 0 Å². The van der Waals surface area contributed by atoms with Crippen molar-refractivity contribution >= 4 is 22.2 Å². The van der Waals surface area contributed by atoms with Crippen LogP contribution in [0.4, 0.5) is 10.1 Å². The van der Waals surface area contributed by atoms with Crippen LogP contribution in [-0.4, -0.2) is 64.8 Å². The van der Waals surface area contributed by atoms with Crippen molar-refractivity contribution in [2.45, 2.75) is 6.04 Å². The molecule has 0 unspecified atom stereocenters. The van der Waals surface area contributed by atoms with Crippen LogP contribution in [0.3, 0.4) is 0 Å². The van der Waals surface area contributed by atoms with Crippen LogP contribution in [0.15, 0.2) is 43.0 Å². The summed E-state index contributed by atoms with van der Waals surface area (Å²) in [5, 5.41) is 5.36. The third kappa shape index (κ3) is 2.78. The molecule has 1 aliphatic heterocycles. The summed E-state index contributed by atoms with van der Waals surface area (Å²) in [5.74, 6) is 1.26. The maximum atomic E-state index is 14.1. The number of halogens is 1. The monoisotopic (exact) mass is 418 g/mol. The van der Waals surface area contributed by atoms with Crippen LogP contribution in [0.25, 0.3) is 27.7 Å². The molecule has 4 aromatic rings. The van der Waals surface area contributed by atoms with E-state index >= 15 is 0 Å². The molecule has 6 rings (SSSR count). The number of ether oxygens (including phenoxy) is 1. The molecule has 1 aliphatic carbocycles. The lowest BCUT2D eigenvalue weighted by Gasteiger charge is -2.23. The van der Waals surface area contributed by atoms with Crippen molar-refractivity contribution in [3.8, 4) is 16.9 Å². The first-order chi connectivity index (χ1) is 15.0. The van der Waals surface area contributed by atoms with Crippen molar-refractivity contribution in [3.05, 3.63) is 48.8 Å². The highest BCUT2D eigenvalue weighted by atomic mass is 19.1. The Bertz CT molecular complexity index is 1310. The number of methoxy groups -OCH3 is 1. The number of hydrogen-bond donors (Lipinski definition) is 0. The molecule has 0 radical (unpaired) electrons. The molecule has 1 saturated carbocycles. The van der Waals surface area contributed by atoms with Crippen LogP contribution in [-0.2, 0) is 0 Å². The van der Waals surface area contributed by atoms with Crippen molar-refractivity contribution < 1.29 is 9.13 Å². The molecule has 0 bridgehead atoms. The zero-order valence-corrected chi connectivity index (χ0v) is 17.7. The molecule has 158 valence electrons. The van der Waals surface area contributed by atoms with Gasteiger partial charge in [-0.05, 0) is 43.6 Å². The average molecular weight is 418 g/mol. The van der Waals surface area contributed by atoms with Crippen LogP contribution in [0, 0.1) is 17.7 Å². The van der Waals surface area contributed by atoms with Crippen LogP contribution >= 0.6 is 0 Å². The largest absolute Gasteiger partial charge is 0.494 e. The standard InChI is InChI=1S/C23H23FN6O/c1-28(2)22-17-11-29(12-18(17)22)13-8-26-23-16(9-27-30(23)10-13)14-4-5-25-20-7-19(24)21(31-3)6-15(14)20/h4-10,17-18,22H,11-12H2,1-3H3/t17-,18+,22-. The van der Waals surface area contributed by atoms with E-state index in [4.69, 9.17) is 9.72 Å². The molecule has 0 amide bonds. The highest BCUT2D eigenvalue weighted by Gasteiger charge is 2.56. The van der Waals surface area contributed by atoms with Gasteiger partial charge in [0.15, 0.2) is 17.2 Å². The van der Waals surface area contributed by atoms with Gasteiger partial charge in [-0.25, -0.2) is 13.9 Å². The van der Waals surface area contributed by atoms with Gasteiger partial charge in [-0.3, -0.25) is 4.98 Å². The van der Waals surface area contributed by atoms with Crippen LogP contribution in [0.1, 0.15) is 0 Å². The molecule has 8 heteroatoms. The van der Waals surface area contributed by atoms with Gasteiger partial charge < -0.3 is 14.5 Å². The smallest absolute Gasteiger partial charge is 0.167 e. The topological polar surface area (TPSA) is 58.8 Å². The average Bonchev–Trinajstić information content (AvgIpc) is 3.10. The highest BCUT2D eigenvalue weighted by Crippen LogP contribution is 2.49. The zero-order chi connectivity index (χ0) is 21.3. The number of piperidine rings is 1. The lowest BCUT2D eigenvalue weighted by molar-refractivity contribution is 0.357. The Kier molecular flexibility index (Phi) is 3.95. The van der Waals surface area contributed by atoms with Crippen molar-refractivity contribution in [1.29, 1.82) is 0 Å². The molecule has 3 aromatic heterocycles. The lowest BCUT2D eigenvalue weighted by Crippen LogP contribution is -2.30. The summed E-state index contributed by atoms with van der Waals surface area (Å²) >= 11 is 0. The van der Waals surface area contributed by atoms with Crippen molar-refractivity contribution in [2.75, 3.05) is 39.2 Å². The van der Waals surface area contributed by atoms with E-state index in [2.05, 4.69) is 34.0 Å². The Morgan fingerprint density at radius 2 is 1.90 bits per heavy atom. The Hall–Kier alpha value is -3.26. The number of pyridine rings is 1. The van der Waals surface area contributed by atoms with Gasteiger partial charge in [0.1, 0.15) is 0 Å². The number of nitrogens with zero attached hydrogens (tertiary/aromatic N) is 6. The number of fused-ring (bicyclic) bond motifs is 3. The second kappa shape index (κ2) is 6.62. The van der Waals surface area contributed by atoms with Crippen LogP contribution in [0.2, 0.25) is 0 Å². The molecule has 0 N–H and O–H groups in total. The van der Waals surface area contributed by atoms with E-state index in [1.54, 1.807) is 18.5 Å². The zero-order valence-electron chi connectivity index (χ0n) is 17.7. The lowest BCUT2D eigenvalue weighted by atomic mass is 10.0. The first kappa shape index (κ1) is 18.5. The van der Waals surface area contributed by atoms with Gasteiger partial charge in [-0.2, -0.15) is 5.10 Å². The Labute approximate surface area is 179 Å². The minimum atomic E-state index is -0.428. The van der Waals surface area contributed by atoms with Crippen molar-refractivity contribution in [2.24, 2.45) is 11.8 Å². The number of anilines is 1. The molecule has 1 aromatic carbocycles. The molecule has 1 saturated heterocycles. The summed E-state index contributed by atoms with van der Waals surface area (Å²) in [6.07, 6.45) is 7.46. The molecule has 3 atom stereocenters. The molecular weight excluding hydrogens is 395 g/mol.